The maximum Gasteiger partial charge on any atom is 0.134 e. The fourth-order valence-electron chi connectivity index (χ4n) is 1.88. The van der Waals surface area contributed by atoms with Gasteiger partial charge >= 0.3 is 0 Å². The van der Waals surface area contributed by atoms with Gasteiger partial charge in [-0.3, -0.25) is 0 Å². The number of aromatic nitrogens is 2. The van der Waals surface area contributed by atoms with Crippen LogP contribution in [-0.4, -0.2) is 36.3 Å². The van der Waals surface area contributed by atoms with Crippen molar-refractivity contribution in [3.8, 4) is 0 Å². The van der Waals surface area contributed by atoms with E-state index >= 15 is 0 Å². The Balaban J connectivity index is 2.24. The number of hydrogen-bond acceptors (Lipinski definition) is 4. The van der Waals surface area contributed by atoms with Crippen molar-refractivity contribution >= 4 is 21.7 Å². The van der Waals surface area contributed by atoms with Gasteiger partial charge in [0.05, 0.1) is 12.6 Å². The molecule has 1 aliphatic heterocycles. The zero-order valence-corrected chi connectivity index (χ0v) is 12.1. The second-order valence-electron chi connectivity index (χ2n) is 4.69. The average molecular weight is 300 g/mol. The first-order chi connectivity index (χ1) is 8.08. The third-order valence-corrected chi connectivity index (χ3v) is 3.44. The van der Waals surface area contributed by atoms with Crippen molar-refractivity contribution in [3.05, 3.63) is 16.5 Å². The molecule has 1 saturated heterocycles. The van der Waals surface area contributed by atoms with Gasteiger partial charge in [0.15, 0.2) is 0 Å². The smallest absolute Gasteiger partial charge is 0.134 e. The monoisotopic (exact) mass is 299 g/mol. The lowest BCUT2D eigenvalue weighted by atomic mass is 10.2. The van der Waals surface area contributed by atoms with Crippen LogP contribution in [0.3, 0.4) is 0 Å². The molecular weight excluding hydrogens is 282 g/mol. The second kappa shape index (κ2) is 5.31. The Morgan fingerprint density at radius 3 is 2.82 bits per heavy atom. The van der Waals surface area contributed by atoms with Gasteiger partial charge in [-0.2, -0.15) is 0 Å². The molecule has 5 heteroatoms. The minimum Gasteiger partial charge on any atom is -0.379 e. The van der Waals surface area contributed by atoms with Gasteiger partial charge in [-0.15, -0.1) is 0 Å². The largest absolute Gasteiger partial charge is 0.379 e. The van der Waals surface area contributed by atoms with Gasteiger partial charge in [0.1, 0.15) is 16.2 Å². The minimum absolute atomic E-state index is 0.333. The number of likely N-dealkylation sites (N-methyl/N-ethyl adjacent to an activating group) is 1. The predicted molar refractivity (Wildman–Crippen MR) is 71.4 cm³/mol. The summed E-state index contributed by atoms with van der Waals surface area (Å²) in [5, 5.41) is 0. The summed E-state index contributed by atoms with van der Waals surface area (Å²) in [5.41, 5.74) is 0. The molecule has 1 aliphatic rings. The highest BCUT2D eigenvalue weighted by molar-refractivity contribution is 9.10. The van der Waals surface area contributed by atoms with Crippen molar-refractivity contribution < 1.29 is 4.74 Å². The van der Waals surface area contributed by atoms with Crippen LogP contribution in [0.5, 0.6) is 0 Å². The average Bonchev–Trinajstić information content (AvgIpc) is 2.80. The zero-order chi connectivity index (χ0) is 12.4. The molecule has 0 bridgehead atoms. The molecule has 0 amide bonds. The Morgan fingerprint density at radius 1 is 1.47 bits per heavy atom. The van der Waals surface area contributed by atoms with Crippen LogP contribution in [0.4, 0.5) is 5.82 Å². The van der Waals surface area contributed by atoms with Gasteiger partial charge in [-0.05, 0) is 22.4 Å². The van der Waals surface area contributed by atoms with Crippen molar-refractivity contribution in [2.75, 3.05) is 25.2 Å². The normalized spacial score (nSPS) is 19.9. The summed E-state index contributed by atoms with van der Waals surface area (Å²) in [6.45, 7) is 5.84. The van der Waals surface area contributed by atoms with E-state index in [1.807, 2.05) is 6.07 Å². The highest BCUT2D eigenvalue weighted by Crippen LogP contribution is 2.23. The topological polar surface area (TPSA) is 38.2 Å². The fraction of sp³-hybridized carbons (Fsp3) is 0.667. The molecule has 94 valence electrons. The molecule has 1 aromatic rings. The van der Waals surface area contributed by atoms with E-state index < -0.39 is 0 Å². The van der Waals surface area contributed by atoms with Crippen LogP contribution in [0.25, 0.3) is 0 Å². The second-order valence-corrected chi connectivity index (χ2v) is 5.50. The molecule has 2 rings (SSSR count). The van der Waals surface area contributed by atoms with Crippen LogP contribution in [0.15, 0.2) is 10.7 Å². The van der Waals surface area contributed by atoms with E-state index in [9.17, 15) is 0 Å². The highest BCUT2D eigenvalue weighted by Gasteiger charge is 2.22. The summed E-state index contributed by atoms with van der Waals surface area (Å²) in [6.07, 6.45) is 1.06. The molecule has 1 fully saturated rings. The quantitative estimate of drug-likeness (QED) is 0.804. The van der Waals surface area contributed by atoms with E-state index in [1.54, 1.807) is 0 Å². The van der Waals surface area contributed by atoms with Crippen LogP contribution in [0, 0.1) is 0 Å². The van der Waals surface area contributed by atoms with Crippen molar-refractivity contribution in [2.24, 2.45) is 0 Å². The molecule has 1 aromatic heterocycles. The van der Waals surface area contributed by atoms with Crippen molar-refractivity contribution in [3.63, 3.8) is 0 Å². The molecule has 17 heavy (non-hydrogen) atoms. The molecule has 0 spiro atoms. The van der Waals surface area contributed by atoms with Crippen LogP contribution < -0.4 is 4.90 Å². The summed E-state index contributed by atoms with van der Waals surface area (Å²) in [5.74, 6) is 2.17. The van der Waals surface area contributed by atoms with E-state index in [0.29, 0.717) is 12.0 Å². The molecule has 1 unspecified atom stereocenters. The van der Waals surface area contributed by atoms with Crippen LogP contribution in [0.1, 0.15) is 32.0 Å². The Hall–Kier alpha value is -0.680. The first kappa shape index (κ1) is 12.8. The van der Waals surface area contributed by atoms with Gasteiger partial charge in [0.2, 0.25) is 0 Å². The molecule has 0 N–H and O–H groups in total. The lowest BCUT2D eigenvalue weighted by molar-refractivity contribution is 0.193. The Labute approximate surface area is 111 Å². The fourth-order valence-corrected chi connectivity index (χ4v) is 2.26. The van der Waals surface area contributed by atoms with Gasteiger partial charge < -0.3 is 9.64 Å². The standard InChI is InChI=1S/C12H18BrN3O/c1-8(2)12-14-10(13)6-11(15-12)16(3)9-4-5-17-7-9/h6,8-9H,4-5,7H2,1-3H3. The van der Waals surface area contributed by atoms with E-state index in [-0.39, 0.29) is 0 Å². The lowest BCUT2D eigenvalue weighted by Crippen LogP contribution is -2.32. The summed E-state index contributed by atoms with van der Waals surface area (Å²) < 4.78 is 6.26. The third kappa shape index (κ3) is 2.96. The van der Waals surface area contributed by atoms with E-state index in [0.717, 1.165) is 35.9 Å². The third-order valence-electron chi connectivity index (χ3n) is 3.03. The number of halogens is 1. The number of rotatable bonds is 3. The molecule has 0 saturated carbocycles. The van der Waals surface area contributed by atoms with Gasteiger partial charge in [0.25, 0.3) is 0 Å². The van der Waals surface area contributed by atoms with Crippen LogP contribution in [0.2, 0.25) is 0 Å². The predicted octanol–water partition coefficient (Wildman–Crippen LogP) is 2.59. The Kier molecular flexibility index (Phi) is 3.99. The maximum atomic E-state index is 5.41. The lowest BCUT2D eigenvalue weighted by Gasteiger charge is -2.25. The molecule has 0 aromatic carbocycles. The molecule has 4 nitrogen and oxygen atoms in total. The summed E-state index contributed by atoms with van der Waals surface area (Å²) in [6, 6.07) is 2.39. The number of hydrogen-bond donors (Lipinski definition) is 0. The van der Waals surface area contributed by atoms with Gasteiger partial charge in [0, 0.05) is 25.6 Å². The number of anilines is 1. The summed E-state index contributed by atoms with van der Waals surface area (Å²) >= 11 is 3.45. The van der Waals surface area contributed by atoms with Gasteiger partial charge in [-0.1, -0.05) is 13.8 Å². The highest BCUT2D eigenvalue weighted by atomic mass is 79.9. The maximum absolute atomic E-state index is 5.41. The van der Waals surface area contributed by atoms with E-state index in [4.69, 9.17) is 4.74 Å². The Morgan fingerprint density at radius 2 is 2.24 bits per heavy atom. The summed E-state index contributed by atoms with van der Waals surface area (Å²) in [4.78, 5) is 11.2. The zero-order valence-electron chi connectivity index (χ0n) is 10.5. The first-order valence-electron chi connectivity index (χ1n) is 5.93. The van der Waals surface area contributed by atoms with Crippen molar-refractivity contribution in [1.82, 2.24) is 9.97 Å². The van der Waals surface area contributed by atoms with E-state index in [1.165, 1.54) is 0 Å². The number of nitrogens with zero attached hydrogens (tertiary/aromatic N) is 3. The molecule has 1 atom stereocenters. The molecule has 0 radical (unpaired) electrons. The summed E-state index contributed by atoms with van der Waals surface area (Å²) in [7, 11) is 2.07. The molecular formula is C12H18BrN3O. The van der Waals surface area contributed by atoms with Crippen molar-refractivity contribution in [1.29, 1.82) is 0 Å². The molecule has 0 aliphatic carbocycles. The van der Waals surface area contributed by atoms with E-state index in [2.05, 4.69) is 51.7 Å². The van der Waals surface area contributed by atoms with Crippen molar-refractivity contribution in [2.45, 2.75) is 32.2 Å². The minimum atomic E-state index is 0.333. The van der Waals surface area contributed by atoms with Gasteiger partial charge in [-0.25, -0.2) is 9.97 Å². The van der Waals surface area contributed by atoms with Crippen LogP contribution in [-0.2, 0) is 4.74 Å². The first-order valence-corrected chi connectivity index (χ1v) is 6.72. The SMILES string of the molecule is CC(C)c1nc(Br)cc(N(C)C2CCOC2)n1. The Bertz CT molecular complexity index is 391. The van der Waals surface area contributed by atoms with Crippen LogP contribution >= 0.6 is 15.9 Å². The molecule has 2 heterocycles. The number of ether oxygens (including phenoxy) is 1.